The van der Waals surface area contributed by atoms with Crippen LogP contribution in [0.1, 0.15) is 39.7 Å². The maximum absolute atomic E-state index is 5.77. The summed E-state index contributed by atoms with van der Waals surface area (Å²) in [4.78, 5) is 0. The first kappa shape index (κ1) is 16.7. The van der Waals surface area contributed by atoms with Crippen molar-refractivity contribution in [1.29, 1.82) is 0 Å². The lowest BCUT2D eigenvalue weighted by molar-refractivity contribution is 0.270. The Kier molecular flexibility index (Phi) is 5.33. The van der Waals surface area contributed by atoms with E-state index in [4.69, 9.17) is 9.47 Å². The zero-order valence-electron chi connectivity index (χ0n) is 14.4. The quantitative estimate of drug-likeness (QED) is 0.727. The normalized spacial score (nSPS) is 18.3. The Hall–Kier alpha value is -1.70. The van der Waals surface area contributed by atoms with Gasteiger partial charge in [0.2, 0.25) is 0 Å². The topological polar surface area (TPSA) is 18.5 Å². The Labute approximate surface area is 134 Å². The molecule has 1 aliphatic carbocycles. The van der Waals surface area contributed by atoms with Gasteiger partial charge >= 0.3 is 0 Å². The molecule has 22 heavy (non-hydrogen) atoms. The monoisotopic (exact) mass is 300 g/mol. The van der Waals surface area contributed by atoms with E-state index in [1.165, 1.54) is 5.56 Å². The van der Waals surface area contributed by atoms with E-state index < -0.39 is 0 Å². The van der Waals surface area contributed by atoms with Crippen molar-refractivity contribution < 1.29 is 9.47 Å². The fourth-order valence-electron chi connectivity index (χ4n) is 2.74. The van der Waals surface area contributed by atoms with Crippen LogP contribution in [0.5, 0.6) is 5.75 Å². The molecule has 1 aromatic carbocycles. The third-order valence-corrected chi connectivity index (χ3v) is 4.41. The summed E-state index contributed by atoms with van der Waals surface area (Å²) in [6, 6.07) is 8.56. The molecule has 2 rings (SSSR count). The van der Waals surface area contributed by atoms with Crippen molar-refractivity contribution >= 4 is 0 Å². The van der Waals surface area contributed by atoms with Crippen molar-refractivity contribution in [1.82, 2.24) is 0 Å². The third-order valence-electron chi connectivity index (χ3n) is 4.41. The molecule has 0 radical (unpaired) electrons. The number of allylic oxidation sites excluding steroid dienone is 3. The lowest BCUT2D eigenvalue weighted by Crippen LogP contribution is -2.28. The number of rotatable bonds is 6. The highest BCUT2D eigenvalue weighted by molar-refractivity contribution is 5.34. The summed E-state index contributed by atoms with van der Waals surface area (Å²) in [5.74, 6) is 2.94. The van der Waals surface area contributed by atoms with E-state index in [-0.39, 0.29) is 5.41 Å². The Balaban J connectivity index is 2.07. The molecular formula is C20H28O2. The molecule has 0 heterocycles. The number of benzene rings is 1. The van der Waals surface area contributed by atoms with Gasteiger partial charge in [-0.1, -0.05) is 45.9 Å². The summed E-state index contributed by atoms with van der Waals surface area (Å²) in [6.45, 7) is 9.69. The van der Waals surface area contributed by atoms with E-state index in [1.54, 1.807) is 7.11 Å². The minimum absolute atomic E-state index is 0.0862. The lowest BCUT2D eigenvalue weighted by Gasteiger charge is -2.34. The molecule has 0 saturated carbocycles. The lowest BCUT2D eigenvalue weighted by atomic mass is 9.71. The molecule has 1 aliphatic rings. The summed E-state index contributed by atoms with van der Waals surface area (Å²) >= 11 is 0. The second kappa shape index (κ2) is 7.04. The molecule has 120 valence electrons. The second-order valence-electron chi connectivity index (χ2n) is 6.96. The number of ether oxygens (including phenoxy) is 2. The van der Waals surface area contributed by atoms with Crippen LogP contribution in [0.3, 0.4) is 0 Å². The van der Waals surface area contributed by atoms with Crippen molar-refractivity contribution in [3.8, 4) is 5.75 Å². The molecule has 0 aromatic heterocycles. The predicted octanol–water partition coefficient (Wildman–Crippen LogP) is 5.11. The highest BCUT2D eigenvalue weighted by atomic mass is 16.5. The van der Waals surface area contributed by atoms with Gasteiger partial charge in [-0.3, -0.25) is 0 Å². The van der Waals surface area contributed by atoms with Crippen LogP contribution >= 0.6 is 0 Å². The molecule has 0 spiro atoms. The third kappa shape index (κ3) is 3.94. The molecule has 2 nitrogen and oxygen atoms in total. The minimum Gasteiger partial charge on any atom is -0.497 e. The molecule has 0 fully saturated rings. The van der Waals surface area contributed by atoms with Gasteiger partial charge in [-0.25, -0.2) is 0 Å². The molecule has 0 amide bonds. The first-order valence-electron chi connectivity index (χ1n) is 8.09. The van der Waals surface area contributed by atoms with E-state index >= 15 is 0 Å². The number of hydrogen-bond donors (Lipinski definition) is 0. The summed E-state index contributed by atoms with van der Waals surface area (Å²) in [5.41, 5.74) is 1.43. The summed E-state index contributed by atoms with van der Waals surface area (Å²) in [6.07, 6.45) is 7.53. The molecule has 0 bridgehead atoms. The van der Waals surface area contributed by atoms with E-state index in [9.17, 15) is 0 Å². The van der Waals surface area contributed by atoms with Crippen LogP contribution in [0.2, 0.25) is 0 Å². The molecule has 0 N–H and O–H groups in total. The van der Waals surface area contributed by atoms with E-state index in [0.717, 1.165) is 24.5 Å². The van der Waals surface area contributed by atoms with Crippen molar-refractivity contribution in [3.05, 3.63) is 53.8 Å². The number of hydrogen-bond acceptors (Lipinski definition) is 2. The van der Waals surface area contributed by atoms with Gasteiger partial charge in [-0.05, 0) is 53.5 Å². The maximum Gasteiger partial charge on any atom is 0.119 e. The van der Waals surface area contributed by atoms with Crippen LogP contribution in [-0.2, 0) is 10.2 Å². The van der Waals surface area contributed by atoms with E-state index in [0.29, 0.717) is 11.8 Å². The average molecular weight is 300 g/mol. The zero-order valence-corrected chi connectivity index (χ0v) is 14.4. The van der Waals surface area contributed by atoms with E-state index in [2.05, 4.69) is 70.2 Å². The molecule has 2 heteroatoms. The minimum atomic E-state index is 0.0862. The predicted molar refractivity (Wildman–Crippen MR) is 92.1 cm³/mol. The Morgan fingerprint density at radius 3 is 2.36 bits per heavy atom. The van der Waals surface area contributed by atoms with Crippen molar-refractivity contribution in [2.24, 2.45) is 11.8 Å². The Morgan fingerprint density at radius 2 is 1.86 bits per heavy atom. The van der Waals surface area contributed by atoms with Crippen LogP contribution in [0.4, 0.5) is 0 Å². The molecule has 0 saturated heterocycles. The van der Waals surface area contributed by atoms with Crippen molar-refractivity contribution in [2.75, 3.05) is 13.7 Å². The molecule has 0 aliphatic heterocycles. The Morgan fingerprint density at radius 1 is 1.18 bits per heavy atom. The zero-order chi connectivity index (χ0) is 16.2. The fraction of sp³-hybridized carbons (Fsp3) is 0.500. The molecule has 1 aromatic rings. The van der Waals surface area contributed by atoms with Crippen LogP contribution in [0.15, 0.2) is 48.3 Å². The molecule has 1 atom stereocenters. The largest absolute Gasteiger partial charge is 0.497 e. The van der Waals surface area contributed by atoms with Gasteiger partial charge in [0.1, 0.15) is 11.5 Å². The standard InChI is InChI=1S/C20H28O2/c1-15(2)14-22-19-12-8-17(9-13-19)20(3,4)16-6-10-18(21-5)11-7-16/h6,8-13,15-16H,7,14H2,1-5H3. The highest BCUT2D eigenvalue weighted by Gasteiger charge is 2.30. The Bertz CT molecular complexity index is 535. The summed E-state index contributed by atoms with van der Waals surface area (Å²) in [5, 5.41) is 0. The van der Waals surface area contributed by atoms with Crippen LogP contribution in [0, 0.1) is 11.8 Å². The van der Waals surface area contributed by atoms with Gasteiger partial charge in [0.15, 0.2) is 0 Å². The first-order valence-corrected chi connectivity index (χ1v) is 8.09. The molecule has 1 unspecified atom stereocenters. The van der Waals surface area contributed by atoms with Gasteiger partial charge < -0.3 is 9.47 Å². The van der Waals surface area contributed by atoms with Crippen molar-refractivity contribution in [2.45, 2.75) is 39.5 Å². The van der Waals surface area contributed by atoms with Gasteiger partial charge in [-0.15, -0.1) is 0 Å². The fourth-order valence-corrected chi connectivity index (χ4v) is 2.74. The van der Waals surface area contributed by atoms with Crippen LogP contribution < -0.4 is 4.74 Å². The van der Waals surface area contributed by atoms with Gasteiger partial charge in [0, 0.05) is 0 Å². The highest BCUT2D eigenvalue weighted by Crippen LogP contribution is 2.37. The van der Waals surface area contributed by atoms with Gasteiger partial charge in [-0.2, -0.15) is 0 Å². The first-order chi connectivity index (χ1) is 10.4. The van der Waals surface area contributed by atoms with Crippen LogP contribution in [0.25, 0.3) is 0 Å². The second-order valence-corrected chi connectivity index (χ2v) is 6.96. The van der Waals surface area contributed by atoms with Gasteiger partial charge in [0.05, 0.1) is 13.7 Å². The SMILES string of the molecule is COC1=CCC(C(C)(C)c2ccc(OCC(C)C)cc2)C=C1. The van der Waals surface area contributed by atoms with Gasteiger partial charge in [0.25, 0.3) is 0 Å². The maximum atomic E-state index is 5.77. The van der Waals surface area contributed by atoms with E-state index in [1.807, 2.05) is 0 Å². The van der Waals surface area contributed by atoms with Crippen molar-refractivity contribution in [3.63, 3.8) is 0 Å². The van der Waals surface area contributed by atoms with Crippen LogP contribution in [-0.4, -0.2) is 13.7 Å². The molecular weight excluding hydrogens is 272 g/mol. The number of methoxy groups -OCH3 is 1. The smallest absolute Gasteiger partial charge is 0.119 e. The average Bonchev–Trinajstić information content (AvgIpc) is 2.53. The summed E-state index contributed by atoms with van der Waals surface area (Å²) < 4.78 is 11.0. The summed E-state index contributed by atoms with van der Waals surface area (Å²) in [7, 11) is 1.72.